The first-order chi connectivity index (χ1) is 12.4. The molecule has 0 unspecified atom stereocenters. The molecule has 0 radical (unpaired) electrons. The van der Waals surface area contributed by atoms with Crippen LogP contribution < -0.4 is 10.9 Å². The topological polar surface area (TPSA) is 112 Å². The van der Waals surface area contributed by atoms with Gasteiger partial charge in [-0.2, -0.15) is 0 Å². The van der Waals surface area contributed by atoms with E-state index in [-0.39, 0.29) is 16.8 Å². The van der Waals surface area contributed by atoms with E-state index in [0.717, 1.165) is 0 Å². The molecule has 0 aliphatic rings. The Morgan fingerprint density at radius 3 is 2.50 bits per heavy atom. The largest absolute Gasteiger partial charge is 0.478 e. The minimum atomic E-state index is -1.12. The van der Waals surface area contributed by atoms with Crippen molar-refractivity contribution >= 4 is 29.2 Å². The average molecular weight is 370 g/mol. The number of nitrogens with zero attached hydrogens (tertiary/aromatic N) is 1. The van der Waals surface area contributed by atoms with E-state index in [9.17, 15) is 14.4 Å². The van der Waals surface area contributed by atoms with Gasteiger partial charge in [-0.1, -0.05) is 17.7 Å². The Labute approximate surface area is 152 Å². The molecule has 0 saturated heterocycles. The molecule has 0 aliphatic heterocycles. The predicted molar refractivity (Wildman–Crippen MR) is 96.7 cm³/mol. The number of carboxylic acid groups (broad SMARTS) is 1. The Morgan fingerprint density at radius 1 is 1.12 bits per heavy atom. The summed E-state index contributed by atoms with van der Waals surface area (Å²) in [6, 6.07) is 12.4. The molecule has 2 aromatic carbocycles. The van der Waals surface area contributed by atoms with E-state index in [2.05, 4.69) is 15.3 Å². The zero-order valence-electron chi connectivity index (χ0n) is 13.2. The van der Waals surface area contributed by atoms with Crippen LogP contribution in [0.5, 0.6) is 0 Å². The van der Waals surface area contributed by atoms with Crippen LogP contribution in [-0.2, 0) is 0 Å². The lowest BCUT2D eigenvalue weighted by Crippen LogP contribution is -2.24. The van der Waals surface area contributed by atoms with E-state index in [1.807, 2.05) is 0 Å². The van der Waals surface area contributed by atoms with Crippen molar-refractivity contribution in [3.8, 4) is 11.4 Å². The third-order valence-corrected chi connectivity index (χ3v) is 3.78. The number of nitrogens with one attached hydrogen (secondary N) is 2. The summed E-state index contributed by atoms with van der Waals surface area (Å²) < 4.78 is 0. The summed E-state index contributed by atoms with van der Waals surface area (Å²) in [5.74, 6) is -1.51. The molecule has 0 spiro atoms. The van der Waals surface area contributed by atoms with Gasteiger partial charge in [0.2, 0.25) is 0 Å². The van der Waals surface area contributed by atoms with Crippen LogP contribution in [0.4, 0.5) is 5.69 Å². The van der Waals surface area contributed by atoms with Gasteiger partial charge in [0, 0.05) is 22.5 Å². The van der Waals surface area contributed by atoms with Crippen LogP contribution in [0.25, 0.3) is 11.4 Å². The summed E-state index contributed by atoms with van der Waals surface area (Å²) in [5.41, 5.74) is 0.122. The number of aromatic carboxylic acids is 1. The SMILES string of the molecule is O=C(O)c1cccc(NC(=O)c2cnc(-c3ccc(Cl)cc3)[nH]c2=O)c1. The highest BCUT2D eigenvalue weighted by Gasteiger charge is 2.14. The number of amides is 1. The summed E-state index contributed by atoms with van der Waals surface area (Å²) in [6.07, 6.45) is 1.17. The third kappa shape index (κ3) is 3.79. The maximum atomic E-state index is 12.3. The van der Waals surface area contributed by atoms with Crippen molar-refractivity contribution in [2.45, 2.75) is 0 Å². The molecule has 1 heterocycles. The summed E-state index contributed by atoms with van der Waals surface area (Å²) >= 11 is 5.82. The van der Waals surface area contributed by atoms with E-state index < -0.39 is 17.4 Å². The Hall–Kier alpha value is -3.45. The summed E-state index contributed by atoms with van der Waals surface area (Å²) in [7, 11) is 0. The Bertz CT molecular complexity index is 1040. The molecular weight excluding hydrogens is 358 g/mol. The number of aromatic amines is 1. The molecule has 3 rings (SSSR count). The normalized spacial score (nSPS) is 10.3. The molecule has 0 fully saturated rings. The van der Waals surface area contributed by atoms with Gasteiger partial charge >= 0.3 is 5.97 Å². The van der Waals surface area contributed by atoms with Crippen molar-refractivity contribution in [2.75, 3.05) is 5.32 Å². The number of halogens is 1. The quantitative estimate of drug-likeness (QED) is 0.654. The van der Waals surface area contributed by atoms with E-state index in [1.165, 1.54) is 30.5 Å². The number of carbonyl (C=O) groups excluding carboxylic acids is 1. The first-order valence-corrected chi connectivity index (χ1v) is 7.82. The van der Waals surface area contributed by atoms with Crippen LogP contribution in [0.15, 0.2) is 59.5 Å². The second-order valence-electron chi connectivity index (χ2n) is 5.32. The smallest absolute Gasteiger partial charge is 0.335 e. The highest BCUT2D eigenvalue weighted by molar-refractivity contribution is 6.30. The van der Waals surface area contributed by atoms with Crippen molar-refractivity contribution in [2.24, 2.45) is 0 Å². The van der Waals surface area contributed by atoms with Gasteiger partial charge in [-0.25, -0.2) is 9.78 Å². The van der Waals surface area contributed by atoms with E-state index >= 15 is 0 Å². The Morgan fingerprint density at radius 2 is 1.85 bits per heavy atom. The van der Waals surface area contributed by atoms with Crippen LogP contribution in [-0.4, -0.2) is 27.0 Å². The molecule has 3 N–H and O–H groups in total. The molecule has 0 saturated carbocycles. The zero-order chi connectivity index (χ0) is 18.7. The molecule has 0 aliphatic carbocycles. The van der Waals surface area contributed by atoms with Gasteiger partial charge in [0.15, 0.2) is 0 Å². The number of carbonyl (C=O) groups is 2. The van der Waals surface area contributed by atoms with Gasteiger partial charge in [-0.3, -0.25) is 9.59 Å². The maximum Gasteiger partial charge on any atom is 0.335 e. The van der Waals surface area contributed by atoms with Gasteiger partial charge in [0.05, 0.1) is 5.56 Å². The minimum absolute atomic E-state index is 0.0212. The maximum absolute atomic E-state index is 12.3. The van der Waals surface area contributed by atoms with Gasteiger partial charge in [0.25, 0.3) is 11.5 Å². The lowest BCUT2D eigenvalue weighted by Gasteiger charge is -2.06. The summed E-state index contributed by atoms with van der Waals surface area (Å²) in [5, 5.41) is 12.0. The zero-order valence-corrected chi connectivity index (χ0v) is 13.9. The van der Waals surface area contributed by atoms with Crippen LogP contribution in [0.1, 0.15) is 20.7 Å². The first-order valence-electron chi connectivity index (χ1n) is 7.44. The summed E-state index contributed by atoms with van der Waals surface area (Å²) in [4.78, 5) is 42.1. The van der Waals surface area contributed by atoms with E-state index in [0.29, 0.717) is 16.4 Å². The fourth-order valence-electron chi connectivity index (χ4n) is 2.24. The monoisotopic (exact) mass is 369 g/mol. The predicted octanol–water partition coefficient (Wildman–Crippen LogP) is 3.04. The van der Waals surface area contributed by atoms with E-state index in [4.69, 9.17) is 16.7 Å². The second-order valence-corrected chi connectivity index (χ2v) is 5.76. The number of anilines is 1. The fourth-order valence-corrected chi connectivity index (χ4v) is 2.37. The molecule has 7 nitrogen and oxygen atoms in total. The number of rotatable bonds is 4. The molecule has 26 heavy (non-hydrogen) atoms. The highest BCUT2D eigenvalue weighted by Crippen LogP contribution is 2.17. The van der Waals surface area contributed by atoms with Gasteiger partial charge in [-0.15, -0.1) is 0 Å². The third-order valence-electron chi connectivity index (χ3n) is 3.53. The molecule has 1 amide bonds. The number of H-pyrrole nitrogens is 1. The molecule has 130 valence electrons. The lowest BCUT2D eigenvalue weighted by atomic mass is 10.2. The second kappa shape index (κ2) is 7.20. The summed E-state index contributed by atoms with van der Waals surface area (Å²) in [6.45, 7) is 0. The van der Waals surface area contributed by atoms with Crippen LogP contribution in [0, 0.1) is 0 Å². The van der Waals surface area contributed by atoms with Crippen molar-refractivity contribution in [3.05, 3.63) is 81.2 Å². The standard InChI is InChI=1S/C18H12ClN3O4/c19-12-6-4-10(5-7-12)15-20-9-14(17(24)22-15)16(23)21-13-3-1-2-11(8-13)18(25)26/h1-9H,(H,21,23)(H,25,26)(H,20,22,24). The fraction of sp³-hybridized carbons (Fsp3) is 0. The number of benzene rings is 2. The number of aromatic nitrogens is 2. The molecule has 3 aromatic rings. The van der Waals surface area contributed by atoms with Gasteiger partial charge < -0.3 is 15.4 Å². The van der Waals surface area contributed by atoms with Gasteiger partial charge in [-0.05, 0) is 42.5 Å². The molecule has 1 aromatic heterocycles. The van der Waals surface area contributed by atoms with Crippen molar-refractivity contribution in [1.29, 1.82) is 0 Å². The Kier molecular flexibility index (Phi) is 4.81. The number of carboxylic acids is 1. The minimum Gasteiger partial charge on any atom is -0.478 e. The molecule has 0 atom stereocenters. The van der Waals surface area contributed by atoms with Crippen molar-refractivity contribution < 1.29 is 14.7 Å². The highest BCUT2D eigenvalue weighted by atomic mass is 35.5. The van der Waals surface area contributed by atoms with Crippen LogP contribution in [0.2, 0.25) is 5.02 Å². The molecular formula is C18H12ClN3O4. The first kappa shape index (κ1) is 17.4. The molecule has 8 heteroatoms. The molecule has 0 bridgehead atoms. The van der Waals surface area contributed by atoms with Crippen molar-refractivity contribution in [3.63, 3.8) is 0 Å². The number of hydrogen-bond acceptors (Lipinski definition) is 4. The average Bonchev–Trinajstić information content (AvgIpc) is 2.62. The number of hydrogen-bond donors (Lipinski definition) is 3. The van der Waals surface area contributed by atoms with E-state index in [1.54, 1.807) is 24.3 Å². The van der Waals surface area contributed by atoms with Crippen LogP contribution in [0.3, 0.4) is 0 Å². The Balaban J connectivity index is 1.84. The lowest BCUT2D eigenvalue weighted by molar-refractivity contribution is 0.0696. The van der Waals surface area contributed by atoms with Crippen LogP contribution >= 0.6 is 11.6 Å². The van der Waals surface area contributed by atoms with Crippen molar-refractivity contribution in [1.82, 2.24) is 9.97 Å². The van der Waals surface area contributed by atoms with Gasteiger partial charge in [0.1, 0.15) is 11.4 Å².